The second-order valence-corrected chi connectivity index (χ2v) is 6.87. The van der Waals surface area contributed by atoms with E-state index in [1.807, 2.05) is 0 Å². The molecule has 0 saturated carbocycles. The summed E-state index contributed by atoms with van der Waals surface area (Å²) >= 11 is 0. The van der Waals surface area contributed by atoms with Crippen molar-refractivity contribution < 1.29 is 22.7 Å². The quantitative estimate of drug-likeness (QED) is 0.691. The smallest absolute Gasteiger partial charge is 0.274 e. The molecule has 3 aromatic carbocycles. The van der Waals surface area contributed by atoms with Gasteiger partial charge in [0.05, 0.1) is 0 Å². The van der Waals surface area contributed by atoms with Crippen LogP contribution >= 0.6 is 7.94 Å². The Morgan fingerprint density at radius 2 is 1.04 bits per heavy atom. The SMILES string of the molecule is O[P+](Oc1ccc(F)cc1)(Oc1ccc(F)cc1)c1ccccc1. The van der Waals surface area contributed by atoms with E-state index in [1.165, 1.54) is 48.5 Å². The average molecular weight is 347 g/mol. The van der Waals surface area contributed by atoms with E-state index in [1.54, 1.807) is 30.3 Å². The van der Waals surface area contributed by atoms with Gasteiger partial charge in [0.15, 0.2) is 11.5 Å². The maximum absolute atomic E-state index is 13.1. The lowest BCUT2D eigenvalue weighted by molar-refractivity contribution is 0.361. The predicted molar refractivity (Wildman–Crippen MR) is 89.3 cm³/mol. The highest BCUT2D eigenvalue weighted by molar-refractivity contribution is 7.69. The van der Waals surface area contributed by atoms with Crippen LogP contribution in [0.1, 0.15) is 0 Å². The molecule has 0 aromatic heterocycles. The zero-order valence-electron chi connectivity index (χ0n) is 12.5. The minimum absolute atomic E-state index is 0.262. The van der Waals surface area contributed by atoms with E-state index < -0.39 is 19.6 Å². The fourth-order valence-corrected chi connectivity index (χ4v) is 3.63. The van der Waals surface area contributed by atoms with Gasteiger partial charge in [-0.3, -0.25) is 9.05 Å². The van der Waals surface area contributed by atoms with Crippen LogP contribution < -0.4 is 14.4 Å². The Morgan fingerprint density at radius 3 is 1.46 bits per heavy atom. The Hall–Kier alpha value is -2.49. The Balaban J connectivity index is 1.94. The topological polar surface area (TPSA) is 38.7 Å². The molecule has 0 amide bonds. The lowest BCUT2D eigenvalue weighted by Gasteiger charge is -2.17. The standard InChI is InChI=1S/C18H14F2O3P/c19-14-6-10-16(11-7-14)22-24(21,18-4-2-1-3-5-18)23-17-12-8-15(20)9-13-17/h1-13,21H/q+1. The van der Waals surface area contributed by atoms with E-state index in [0.717, 1.165) is 0 Å². The first kappa shape index (κ1) is 16.4. The number of rotatable bonds is 5. The van der Waals surface area contributed by atoms with Crippen LogP contribution in [0, 0.1) is 11.6 Å². The summed E-state index contributed by atoms with van der Waals surface area (Å²) in [5.41, 5.74) is 0. The summed E-state index contributed by atoms with van der Waals surface area (Å²) in [6, 6.07) is 19.1. The first-order valence-corrected chi connectivity index (χ1v) is 8.71. The summed E-state index contributed by atoms with van der Waals surface area (Å²) in [7, 11) is -3.54. The van der Waals surface area contributed by atoms with Gasteiger partial charge in [-0.2, -0.15) is 4.89 Å². The summed E-state index contributed by atoms with van der Waals surface area (Å²) in [5.74, 6) is -0.303. The molecule has 0 heterocycles. The van der Waals surface area contributed by atoms with Crippen LogP contribution in [0.2, 0.25) is 0 Å². The Labute approximate surface area is 138 Å². The molecule has 0 aliphatic rings. The van der Waals surface area contributed by atoms with Crippen LogP contribution in [-0.2, 0) is 0 Å². The van der Waals surface area contributed by atoms with Crippen molar-refractivity contribution in [2.24, 2.45) is 0 Å². The van der Waals surface area contributed by atoms with E-state index in [9.17, 15) is 13.7 Å². The van der Waals surface area contributed by atoms with Crippen molar-refractivity contribution >= 4 is 13.2 Å². The third kappa shape index (κ3) is 3.88. The Morgan fingerprint density at radius 1 is 0.625 bits per heavy atom. The van der Waals surface area contributed by atoms with Gasteiger partial charge in [-0.1, -0.05) is 18.2 Å². The molecule has 3 nitrogen and oxygen atoms in total. The van der Waals surface area contributed by atoms with Gasteiger partial charge in [-0.25, -0.2) is 8.78 Å². The fraction of sp³-hybridized carbons (Fsp3) is 0. The highest BCUT2D eigenvalue weighted by Crippen LogP contribution is 2.55. The number of benzene rings is 3. The summed E-state index contributed by atoms with van der Waals surface area (Å²) in [6.45, 7) is 0. The van der Waals surface area contributed by atoms with Gasteiger partial charge in [0.25, 0.3) is 0 Å². The molecule has 0 radical (unpaired) electrons. The van der Waals surface area contributed by atoms with E-state index in [2.05, 4.69) is 0 Å². The molecule has 0 aliphatic carbocycles. The summed E-state index contributed by atoms with van der Waals surface area (Å²) in [4.78, 5) is 11.0. The van der Waals surface area contributed by atoms with Gasteiger partial charge in [-0.15, -0.1) is 0 Å². The van der Waals surface area contributed by atoms with Gasteiger partial charge in [0.2, 0.25) is 5.30 Å². The van der Waals surface area contributed by atoms with Gasteiger partial charge in [-0.05, 0) is 60.7 Å². The normalized spacial score (nSPS) is 11.1. The van der Waals surface area contributed by atoms with Gasteiger partial charge in [0, 0.05) is 0 Å². The third-order valence-electron chi connectivity index (χ3n) is 3.17. The third-order valence-corrected chi connectivity index (χ3v) is 5.04. The monoisotopic (exact) mass is 347 g/mol. The van der Waals surface area contributed by atoms with Crippen molar-refractivity contribution in [1.29, 1.82) is 0 Å². The van der Waals surface area contributed by atoms with Gasteiger partial charge in [0.1, 0.15) is 11.6 Å². The lowest BCUT2D eigenvalue weighted by Crippen LogP contribution is -2.20. The van der Waals surface area contributed by atoms with Crippen LogP contribution in [0.5, 0.6) is 11.5 Å². The molecule has 0 atom stereocenters. The minimum atomic E-state index is -3.54. The van der Waals surface area contributed by atoms with Crippen molar-refractivity contribution in [2.75, 3.05) is 0 Å². The van der Waals surface area contributed by atoms with Gasteiger partial charge < -0.3 is 0 Å². The van der Waals surface area contributed by atoms with Crippen LogP contribution in [0.3, 0.4) is 0 Å². The second-order valence-electron chi connectivity index (χ2n) is 4.95. The summed E-state index contributed by atoms with van der Waals surface area (Å²) in [5, 5.41) is 0.443. The Bertz CT molecular complexity index is 745. The molecule has 3 aromatic rings. The van der Waals surface area contributed by atoms with Crippen molar-refractivity contribution in [2.45, 2.75) is 0 Å². The predicted octanol–water partition coefficient (Wildman–Crippen LogP) is 4.50. The first-order valence-electron chi connectivity index (χ1n) is 7.13. The van der Waals surface area contributed by atoms with Crippen molar-refractivity contribution in [3.05, 3.63) is 90.5 Å². The number of hydrogen-bond donors (Lipinski definition) is 1. The molecule has 0 unspecified atom stereocenters. The molecule has 122 valence electrons. The first-order chi connectivity index (χ1) is 11.5. The maximum Gasteiger partial charge on any atom is 0.533 e. The maximum atomic E-state index is 13.1. The Kier molecular flexibility index (Phi) is 4.74. The molecule has 1 N–H and O–H groups in total. The van der Waals surface area contributed by atoms with E-state index in [4.69, 9.17) is 9.05 Å². The van der Waals surface area contributed by atoms with Crippen LogP contribution in [0.4, 0.5) is 8.78 Å². The van der Waals surface area contributed by atoms with E-state index in [0.29, 0.717) is 5.30 Å². The second kappa shape index (κ2) is 6.95. The highest BCUT2D eigenvalue weighted by Gasteiger charge is 2.47. The largest absolute Gasteiger partial charge is 0.533 e. The molecule has 24 heavy (non-hydrogen) atoms. The zero-order valence-corrected chi connectivity index (χ0v) is 13.4. The molecule has 0 bridgehead atoms. The number of halogens is 2. The lowest BCUT2D eigenvalue weighted by atomic mass is 10.3. The molecule has 0 saturated heterocycles. The molecular formula is C18H14F2O3P+. The minimum Gasteiger partial charge on any atom is -0.274 e. The molecule has 0 fully saturated rings. The van der Waals surface area contributed by atoms with Crippen molar-refractivity contribution in [3.63, 3.8) is 0 Å². The van der Waals surface area contributed by atoms with Crippen LogP contribution in [-0.4, -0.2) is 4.89 Å². The number of hydrogen-bond acceptors (Lipinski definition) is 3. The summed E-state index contributed by atoms with van der Waals surface area (Å²) < 4.78 is 37.4. The molecule has 0 spiro atoms. The molecular weight excluding hydrogens is 333 g/mol. The van der Waals surface area contributed by atoms with E-state index in [-0.39, 0.29) is 11.5 Å². The van der Waals surface area contributed by atoms with Crippen LogP contribution in [0.25, 0.3) is 0 Å². The zero-order chi connectivity index (χ0) is 17.0. The van der Waals surface area contributed by atoms with Gasteiger partial charge >= 0.3 is 7.94 Å². The molecule has 3 rings (SSSR count). The fourth-order valence-electron chi connectivity index (χ4n) is 2.02. The van der Waals surface area contributed by atoms with Crippen molar-refractivity contribution in [1.82, 2.24) is 0 Å². The molecule has 6 heteroatoms. The van der Waals surface area contributed by atoms with Crippen molar-refractivity contribution in [3.8, 4) is 11.5 Å². The highest BCUT2D eigenvalue weighted by atomic mass is 31.2. The molecule has 0 aliphatic heterocycles. The average Bonchev–Trinajstić information content (AvgIpc) is 2.60. The van der Waals surface area contributed by atoms with E-state index >= 15 is 0 Å². The summed E-state index contributed by atoms with van der Waals surface area (Å²) in [6.07, 6.45) is 0. The van der Waals surface area contributed by atoms with Crippen LogP contribution in [0.15, 0.2) is 78.9 Å².